The standard InChI is InChI=1S/C24H16BrN3O2/c25-17-11-9-16(10-12-17)22-20(15-5-2-1-3-6-15)21-23(26-14-27-24(21)30-22)28-18-7-4-8-19(29)13-18/h1-14,29H,(H,26,27,28). The number of hydrogen-bond acceptors (Lipinski definition) is 5. The maximum Gasteiger partial charge on any atom is 0.232 e. The summed E-state index contributed by atoms with van der Waals surface area (Å²) in [5, 5.41) is 13.9. The van der Waals surface area contributed by atoms with E-state index in [0.717, 1.165) is 38.0 Å². The Morgan fingerprint density at radius 3 is 2.40 bits per heavy atom. The average Bonchev–Trinajstić information content (AvgIpc) is 3.15. The van der Waals surface area contributed by atoms with Crippen molar-refractivity contribution in [2.45, 2.75) is 0 Å². The van der Waals surface area contributed by atoms with Crippen LogP contribution in [0.3, 0.4) is 0 Å². The fourth-order valence-corrected chi connectivity index (χ4v) is 3.70. The molecule has 0 fully saturated rings. The van der Waals surface area contributed by atoms with Crippen molar-refractivity contribution in [3.63, 3.8) is 0 Å². The first-order chi connectivity index (χ1) is 14.7. The van der Waals surface area contributed by atoms with E-state index in [1.165, 1.54) is 6.33 Å². The van der Waals surface area contributed by atoms with Crippen LogP contribution in [-0.2, 0) is 0 Å². The molecule has 6 heteroatoms. The molecule has 2 heterocycles. The summed E-state index contributed by atoms with van der Waals surface area (Å²) < 4.78 is 7.22. The van der Waals surface area contributed by atoms with E-state index in [-0.39, 0.29) is 5.75 Å². The van der Waals surface area contributed by atoms with Gasteiger partial charge >= 0.3 is 0 Å². The number of rotatable bonds is 4. The SMILES string of the molecule is Oc1cccc(Nc2ncnc3oc(-c4ccc(Br)cc4)c(-c4ccccc4)c23)c1. The number of aromatic nitrogens is 2. The van der Waals surface area contributed by atoms with E-state index < -0.39 is 0 Å². The molecule has 0 saturated heterocycles. The van der Waals surface area contributed by atoms with Crippen LogP contribution in [0.25, 0.3) is 33.6 Å². The smallest absolute Gasteiger partial charge is 0.232 e. The molecule has 146 valence electrons. The van der Waals surface area contributed by atoms with Crippen LogP contribution in [0, 0.1) is 0 Å². The third kappa shape index (κ3) is 3.42. The zero-order chi connectivity index (χ0) is 20.5. The minimum Gasteiger partial charge on any atom is -0.508 e. The number of anilines is 2. The third-order valence-corrected chi connectivity index (χ3v) is 5.29. The molecule has 5 aromatic rings. The highest BCUT2D eigenvalue weighted by molar-refractivity contribution is 9.10. The van der Waals surface area contributed by atoms with Gasteiger partial charge in [0.15, 0.2) is 0 Å². The van der Waals surface area contributed by atoms with Crippen molar-refractivity contribution in [3.05, 3.63) is 89.7 Å². The zero-order valence-electron chi connectivity index (χ0n) is 15.7. The monoisotopic (exact) mass is 457 g/mol. The van der Waals surface area contributed by atoms with Crippen LogP contribution >= 0.6 is 15.9 Å². The molecular formula is C24H16BrN3O2. The van der Waals surface area contributed by atoms with Crippen molar-refractivity contribution in [2.75, 3.05) is 5.32 Å². The fourth-order valence-electron chi connectivity index (χ4n) is 3.43. The summed E-state index contributed by atoms with van der Waals surface area (Å²) in [4.78, 5) is 8.84. The summed E-state index contributed by atoms with van der Waals surface area (Å²) in [6, 6.07) is 24.9. The minimum absolute atomic E-state index is 0.177. The molecule has 5 nitrogen and oxygen atoms in total. The van der Waals surface area contributed by atoms with Gasteiger partial charge in [0.25, 0.3) is 0 Å². The van der Waals surface area contributed by atoms with Crippen molar-refractivity contribution in [1.29, 1.82) is 0 Å². The second-order valence-electron chi connectivity index (χ2n) is 6.76. The first kappa shape index (κ1) is 18.4. The molecule has 0 saturated carbocycles. The van der Waals surface area contributed by atoms with Crippen molar-refractivity contribution in [2.24, 2.45) is 0 Å². The first-order valence-corrected chi connectivity index (χ1v) is 10.1. The molecule has 5 rings (SSSR count). The quantitative estimate of drug-likeness (QED) is 0.311. The van der Waals surface area contributed by atoms with Crippen LogP contribution in [0.15, 0.2) is 94.1 Å². The average molecular weight is 458 g/mol. The van der Waals surface area contributed by atoms with Crippen LogP contribution in [0.1, 0.15) is 0 Å². The highest BCUT2D eigenvalue weighted by Gasteiger charge is 2.22. The van der Waals surface area contributed by atoms with Crippen molar-refractivity contribution in [1.82, 2.24) is 9.97 Å². The van der Waals surface area contributed by atoms with E-state index in [4.69, 9.17) is 4.42 Å². The van der Waals surface area contributed by atoms with Gasteiger partial charge in [-0.15, -0.1) is 0 Å². The molecule has 0 radical (unpaired) electrons. The number of fused-ring (bicyclic) bond motifs is 1. The van der Waals surface area contributed by atoms with Crippen molar-refractivity contribution < 1.29 is 9.52 Å². The largest absolute Gasteiger partial charge is 0.508 e. The maximum absolute atomic E-state index is 9.82. The number of phenolic OH excluding ortho intramolecular Hbond substituents is 1. The Kier molecular flexibility index (Phi) is 4.69. The molecule has 2 N–H and O–H groups in total. The summed E-state index contributed by atoms with van der Waals surface area (Å²) in [5.74, 6) is 1.51. The Hall–Kier alpha value is -3.64. The number of phenols is 1. The van der Waals surface area contributed by atoms with Crippen molar-refractivity contribution in [3.8, 4) is 28.2 Å². The molecule has 0 unspecified atom stereocenters. The van der Waals surface area contributed by atoms with E-state index >= 15 is 0 Å². The maximum atomic E-state index is 9.82. The number of benzene rings is 3. The lowest BCUT2D eigenvalue weighted by atomic mass is 9.99. The fraction of sp³-hybridized carbons (Fsp3) is 0. The lowest BCUT2D eigenvalue weighted by Gasteiger charge is -2.09. The summed E-state index contributed by atoms with van der Waals surface area (Å²) >= 11 is 3.49. The predicted molar refractivity (Wildman–Crippen MR) is 122 cm³/mol. The van der Waals surface area contributed by atoms with Gasteiger partial charge in [-0.25, -0.2) is 9.97 Å². The minimum atomic E-state index is 0.177. The zero-order valence-corrected chi connectivity index (χ0v) is 17.3. The molecule has 0 atom stereocenters. The molecule has 0 aliphatic heterocycles. The van der Waals surface area contributed by atoms with E-state index in [1.54, 1.807) is 18.2 Å². The van der Waals surface area contributed by atoms with Gasteiger partial charge in [-0.3, -0.25) is 0 Å². The van der Waals surface area contributed by atoms with E-state index in [0.29, 0.717) is 11.5 Å². The van der Waals surface area contributed by atoms with Gasteiger partial charge in [-0.2, -0.15) is 0 Å². The normalized spacial score (nSPS) is 11.0. The van der Waals surface area contributed by atoms with Gasteiger partial charge in [-0.1, -0.05) is 64.5 Å². The van der Waals surface area contributed by atoms with Crippen LogP contribution in [0.4, 0.5) is 11.5 Å². The predicted octanol–water partition coefficient (Wildman–Crippen LogP) is 6.77. The Bertz CT molecular complexity index is 1330. The van der Waals surface area contributed by atoms with Gasteiger partial charge in [0.05, 0.1) is 5.39 Å². The molecule has 30 heavy (non-hydrogen) atoms. The van der Waals surface area contributed by atoms with E-state index in [1.807, 2.05) is 60.7 Å². The van der Waals surface area contributed by atoms with Crippen LogP contribution in [0.2, 0.25) is 0 Å². The van der Waals surface area contributed by atoms with Gasteiger partial charge in [-0.05, 0) is 29.8 Å². The topological polar surface area (TPSA) is 71.2 Å². The Labute approximate surface area is 181 Å². The molecule has 0 aliphatic rings. The van der Waals surface area contributed by atoms with Gasteiger partial charge < -0.3 is 14.8 Å². The summed E-state index contributed by atoms with van der Waals surface area (Å²) in [6.07, 6.45) is 1.47. The number of nitrogens with zero attached hydrogens (tertiary/aromatic N) is 2. The summed E-state index contributed by atoms with van der Waals surface area (Å²) in [6.45, 7) is 0. The highest BCUT2D eigenvalue weighted by atomic mass is 79.9. The van der Waals surface area contributed by atoms with Gasteiger partial charge in [0.2, 0.25) is 5.71 Å². The molecule has 0 spiro atoms. The van der Waals surface area contributed by atoms with E-state index in [9.17, 15) is 5.11 Å². The first-order valence-electron chi connectivity index (χ1n) is 9.34. The van der Waals surface area contributed by atoms with E-state index in [2.05, 4.69) is 31.2 Å². The van der Waals surface area contributed by atoms with Crippen LogP contribution in [-0.4, -0.2) is 15.1 Å². The Morgan fingerprint density at radius 1 is 0.833 bits per heavy atom. The number of halogens is 1. The van der Waals surface area contributed by atoms with Crippen LogP contribution < -0.4 is 5.32 Å². The second kappa shape index (κ2) is 7.65. The number of nitrogens with one attached hydrogen (secondary N) is 1. The molecule has 0 bridgehead atoms. The number of furan rings is 1. The Morgan fingerprint density at radius 2 is 1.63 bits per heavy atom. The highest BCUT2D eigenvalue weighted by Crippen LogP contribution is 2.43. The summed E-state index contributed by atoms with van der Waals surface area (Å²) in [5.41, 5.74) is 4.07. The van der Waals surface area contributed by atoms with Crippen molar-refractivity contribution >= 4 is 38.5 Å². The van der Waals surface area contributed by atoms with Crippen LogP contribution in [0.5, 0.6) is 5.75 Å². The van der Waals surface area contributed by atoms with Gasteiger partial charge in [0.1, 0.15) is 23.7 Å². The lowest BCUT2D eigenvalue weighted by Crippen LogP contribution is -1.95. The second-order valence-corrected chi connectivity index (χ2v) is 7.67. The number of hydrogen-bond donors (Lipinski definition) is 2. The van der Waals surface area contributed by atoms with Gasteiger partial charge in [0, 0.05) is 27.4 Å². The molecule has 0 aliphatic carbocycles. The Balaban J connectivity index is 1.76. The molecule has 0 amide bonds. The molecular weight excluding hydrogens is 442 g/mol. The molecule has 3 aromatic carbocycles. The lowest BCUT2D eigenvalue weighted by molar-refractivity contribution is 0.475. The third-order valence-electron chi connectivity index (χ3n) is 4.77. The number of aromatic hydroxyl groups is 1. The molecule has 2 aromatic heterocycles. The summed E-state index contributed by atoms with van der Waals surface area (Å²) in [7, 11) is 0.